The van der Waals surface area contributed by atoms with Crippen molar-refractivity contribution in [2.45, 2.75) is 97.8 Å². The maximum Gasteiger partial charge on any atom is 0.416 e. The number of hydrogen-bond acceptors (Lipinski definition) is 5. The van der Waals surface area contributed by atoms with Gasteiger partial charge in [0.05, 0.1) is 17.0 Å². The molecule has 1 saturated heterocycles. The lowest BCUT2D eigenvalue weighted by molar-refractivity contribution is 0.0138. The zero-order valence-corrected chi connectivity index (χ0v) is 26.4. The second kappa shape index (κ2) is 10.3. The van der Waals surface area contributed by atoms with E-state index in [2.05, 4.69) is 45.6 Å². The maximum atomic E-state index is 12.8. The molecule has 0 unspecified atom stereocenters. The summed E-state index contributed by atoms with van der Waals surface area (Å²) in [6, 6.07) is 9.68. The summed E-state index contributed by atoms with van der Waals surface area (Å²) in [5.41, 5.74) is 3.78. The smallest absolute Gasteiger partial charge is 0.416 e. The molecule has 2 N–H and O–H groups in total. The lowest BCUT2D eigenvalue weighted by atomic mass is 9.66. The minimum atomic E-state index is -1.10. The van der Waals surface area contributed by atoms with Gasteiger partial charge in [-0.05, 0) is 80.0 Å². The van der Waals surface area contributed by atoms with Crippen LogP contribution in [0.1, 0.15) is 97.1 Å². The number of carbonyl (C=O) groups excluding carboxylic acids is 1. The van der Waals surface area contributed by atoms with Crippen LogP contribution in [-0.4, -0.2) is 64.0 Å². The summed E-state index contributed by atoms with van der Waals surface area (Å²) < 4.78 is 5.57. The van der Waals surface area contributed by atoms with Gasteiger partial charge in [-0.2, -0.15) is 0 Å². The van der Waals surface area contributed by atoms with Crippen molar-refractivity contribution in [1.82, 2.24) is 9.80 Å². The molecule has 0 spiro atoms. The molecule has 224 valence electrons. The highest BCUT2D eigenvalue weighted by atomic mass is 16.6. The van der Waals surface area contributed by atoms with E-state index in [0.29, 0.717) is 36.6 Å². The number of fused-ring (bicyclic) bond motifs is 2. The molecule has 2 heterocycles. The minimum Gasteiger partial charge on any atom is -0.464 e. The number of carbonyl (C=O) groups is 2. The van der Waals surface area contributed by atoms with E-state index in [1.165, 1.54) is 4.90 Å². The van der Waals surface area contributed by atoms with Crippen LogP contribution in [0.15, 0.2) is 30.3 Å². The number of ether oxygens (including phenoxy) is 1. The Labute approximate surface area is 244 Å². The van der Waals surface area contributed by atoms with E-state index in [9.17, 15) is 19.8 Å². The van der Waals surface area contributed by atoms with Gasteiger partial charge in [0.15, 0.2) is 0 Å². The first-order chi connectivity index (χ1) is 18.7. The molecule has 8 heteroatoms. The van der Waals surface area contributed by atoms with Crippen molar-refractivity contribution in [3.63, 3.8) is 0 Å². The van der Waals surface area contributed by atoms with Crippen LogP contribution in [0.5, 0.6) is 0 Å². The first kappa shape index (κ1) is 30.8. The molecule has 8 nitrogen and oxygen atoms in total. The number of piperazine rings is 1. The van der Waals surface area contributed by atoms with Crippen LogP contribution in [0, 0.1) is 0 Å². The van der Waals surface area contributed by atoms with E-state index < -0.39 is 22.7 Å². The molecule has 41 heavy (non-hydrogen) atoms. The fourth-order valence-corrected chi connectivity index (χ4v) is 6.19. The van der Waals surface area contributed by atoms with E-state index in [1.807, 2.05) is 45.0 Å². The normalized spacial score (nSPS) is 17.6. The number of benzene rings is 2. The van der Waals surface area contributed by atoms with Gasteiger partial charge in [-0.3, -0.25) is 4.90 Å². The highest BCUT2D eigenvalue weighted by molar-refractivity contribution is 6.00. The van der Waals surface area contributed by atoms with Crippen molar-refractivity contribution >= 4 is 23.6 Å². The standard InChI is InChI=1S/C33H47N3O5/c1-30(2,3)26-21(20-34-15-17-35(18-16-34)29(39)41-31(4,5)6)11-14-24-27(26)32(7,8)23-13-12-22(33(9,10)40)19-25(23)36(24)28(37)38/h11-14,19,40H,15-18,20H2,1-10H3,(H,37,38). The van der Waals surface area contributed by atoms with Crippen LogP contribution < -0.4 is 4.90 Å². The molecule has 2 amide bonds. The summed E-state index contributed by atoms with van der Waals surface area (Å²) in [5.74, 6) is 0. The van der Waals surface area contributed by atoms with Crippen molar-refractivity contribution < 1.29 is 24.5 Å². The van der Waals surface area contributed by atoms with E-state index in [1.54, 1.807) is 18.7 Å². The van der Waals surface area contributed by atoms with E-state index >= 15 is 0 Å². The molecule has 2 aliphatic rings. The highest BCUT2D eigenvalue weighted by Crippen LogP contribution is 2.53. The first-order valence-corrected chi connectivity index (χ1v) is 14.5. The molecular formula is C33H47N3O5. The molecule has 0 saturated carbocycles. The van der Waals surface area contributed by atoms with Crippen LogP contribution in [0.3, 0.4) is 0 Å². The Balaban J connectivity index is 1.74. The van der Waals surface area contributed by atoms with Gasteiger partial charge < -0.3 is 19.8 Å². The fraction of sp³-hybridized carbons (Fsp3) is 0.576. The quantitative estimate of drug-likeness (QED) is 0.429. The Morgan fingerprint density at radius 2 is 1.51 bits per heavy atom. The van der Waals surface area contributed by atoms with Crippen molar-refractivity contribution in [1.29, 1.82) is 0 Å². The molecule has 2 aromatic rings. The minimum absolute atomic E-state index is 0.259. The Kier molecular flexibility index (Phi) is 7.76. The molecule has 0 aliphatic carbocycles. The molecule has 0 atom stereocenters. The average molecular weight is 566 g/mol. The number of carboxylic acid groups (broad SMARTS) is 1. The lowest BCUT2D eigenvalue weighted by Crippen LogP contribution is -2.49. The van der Waals surface area contributed by atoms with Crippen LogP contribution in [0.4, 0.5) is 21.0 Å². The summed E-state index contributed by atoms with van der Waals surface area (Å²) in [4.78, 5) is 30.9. The van der Waals surface area contributed by atoms with E-state index in [4.69, 9.17) is 4.74 Å². The largest absolute Gasteiger partial charge is 0.464 e. The predicted molar refractivity (Wildman–Crippen MR) is 162 cm³/mol. The van der Waals surface area contributed by atoms with Crippen LogP contribution in [-0.2, 0) is 27.7 Å². The number of hydrogen-bond donors (Lipinski definition) is 2. The molecule has 0 bridgehead atoms. The number of anilines is 2. The van der Waals surface area contributed by atoms with Gasteiger partial charge in [-0.1, -0.05) is 52.8 Å². The predicted octanol–water partition coefficient (Wildman–Crippen LogP) is 6.72. The monoisotopic (exact) mass is 565 g/mol. The third kappa shape index (κ3) is 6.09. The van der Waals surface area contributed by atoms with Crippen LogP contribution in [0.25, 0.3) is 0 Å². The Morgan fingerprint density at radius 1 is 0.902 bits per heavy atom. The SMILES string of the molecule is CC(C)(C)OC(=O)N1CCN(Cc2ccc3c(c2C(C)(C)C)C(C)(C)c2ccc(C(C)(C)O)cc2N3C(=O)O)CC1. The molecular weight excluding hydrogens is 518 g/mol. The van der Waals surface area contributed by atoms with E-state index in [-0.39, 0.29) is 11.5 Å². The average Bonchev–Trinajstić information content (AvgIpc) is 2.82. The topological polar surface area (TPSA) is 93.6 Å². The van der Waals surface area contributed by atoms with Crippen molar-refractivity contribution in [2.24, 2.45) is 0 Å². The lowest BCUT2D eigenvalue weighted by Gasteiger charge is -2.44. The highest BCUT2D eigenvalue weighted by Gasteiger charge is 2.43. The molecule has 2 aliphatic heterocycles. The zero-order chi connectivity index (χ0) is 30.7. The van der Waals surface area contributed by atoms with E-state index in [0.717, 1.165) is 35.3 Å². The number of amides is 2. The van der Waals surface area contributed by atoms with Gasteiger partial charge in [0.25, 0.3) is 0 Å². The number of rotatable bonds is 3. The van der Waals surface area contributed by atoms with Crippen LogP contribution in [0.2, 0.25) is 0 Å². The molecule has 1 fully saturated rings. The van der Waals surface area contributed by atoms with Crippen molar-refractivity contribution in [3.8, 4) is 0 Å². The third-order valence-electron chi connectivity index (χ3n) is 8.11. The van der Waals surface area contributed by atoms with Gasteiger partial charge in [-0.15, -0.1) is 0 Å². The second-order valence-electron chi connectivity index (χ2n) is 14.5. The Bertz CT molecular complexity index is 1340. The summed E-state index contributed by atoms with van der Waals surface area (Å²) in [5, 5.41) is 21.2. The summed E-state index contributed by atoms with van der Waals surface area (Å²) in [7, 11) is 0. The summed E-state index contributed by atoms with van der Waals surface area (Å²) in [6.45, 7) is 23.3. The maximum absolute atomic E-state index is 12.8. The van der Waals surface area contributed by atoms with Gasteiger partial charge in [0, 0.05) is 38.1 Å². The van der Waals surface area contributed by atoms with Gasteiger partial charge in [-0.25, -0.2) is 14.5 Å². The number of aliphatic hydroxyl groups is 1. The van der Waals surface area contributed by atoms with Gasteiger partial charge in [0.1, 0.15) is 5.60 Å². The summed E-state index contributed by atoms with van der Waals surface area (Å²) in [6.07, 6.45) is -1.33. The molecule has 4 rings (SSSR count). The van der Waals surface area contributed by atoms with Gasteiger partial charge in [0.2, 0.25) is 0 Å². The van der Waals surface area contributed by atoms with Crippen molar-refractivity contribution in [2.75, 3.05) is 31.1 Å². The van der Waals surface area contributed by atoms with Gasteiger partial charge >= 0.3 is 12.2 Å². The summed E-state index contributed by atoms with van der Waals surface area (Å²) >= 11 is 0. The van der Waals surface area contributed by atoms with Crippen molar-refractivity contribution in [3.05, 3.63) is 58.1 Å². The first-order valence-electron chi connectivity index (χ1n) is 14.5. The Morgan fingerprint density at radius 3 is 2.02 bits per heavy atom. The molecule has 2 aromatic carbocycles. The number of nitrogens with zero attached hydrogens (tertiary/aromatic N) is 3. The van der Waals surface area contributed by atoms with Crippen LogP contribution >= 0.6 is 0 Å². The fourth-order valence-electron chi connectivity index (χ4n) is 6.19. The second-order valence-corrected chi connectivity index (χ2v) is 14.5. The third-order valence-corrected chi connectivity index (χ3v) is 8.11. The zero-order valence-electron chi connectivity index (χ0n) is 26.4. The molecule has 0 aromatic heterocycles. The molecule has 0 radical (unpaired) electrons. The Hall–Kier alpha value is -3.10.